The molecule has 1 amide bonds. The fraction of sp³-hybridized carbons (Fsp3) is 0.115. The van der Waals surface area contributed by atoms with E-state index >= 15 is 0 Å². The lowest BCUT2D eigenvalue weighted by Gasteiger charge is -2.14. The van der Waals surface area contributed by atoms with E-state index in [1.165, 1.54) is 33.4 Å². The maximum atomic E-state index is 13.4. The Balaban J connectivity index is 1.89. The summed E-state index contributed by atoms with van der Waals surface area (Å²) in [5.41, 5.74) is 0.0948. The van der Waals surface area contributed by atoms with Crippen molar-refractivity contribution in [2.75, 3.05) is 6.61 Å². The van der Waals surface area contributed by atoms with Gasteiger partial charge in [-0.15, -0.1) is 0 Å². The van der Waals surface area contributed by atoms with Crippen LogP contribution in [0.15, 0.2) is 87.3 Å². The van der Waals surface area contributed by atoms with Gasteiger partial charge in [0.2, 0.25) is 0 Å². The second-order valence-corrected chi connectivity index (χ2v) is 7.77. The number of furan rings is 1. The summed E-state index contributed by atoms with van der Waals surface area (Å²) in [6.45, 7) is 1.72. The fourth-order valence-corrected chi connectivity index (χ4v) is 3.82. The number of benzene rings is 1. The molecular weight excluding hydrogens is 467 g/mol. The molecule has 0 unspecified atom stereocenters. The Morgan fingerprint density at radius 3 is 2.64 bits per heavy atom. The average Bonchev–Trinajstić information content (AvgIpc) is 3.39. The number of esters is 1. The second kappa shape index (κ2) is 9.41. The van der Waals surface area contributed by atoms with E-state index in [0.29, 0.717) is 11.4 Å². The molecule has 0 aliphatic carbocycles. The zero-order chi connectivity index (χ0) is 25.2. The zero-order valence-electron chi connectivity index (χ0n) is 19.1. The van der Waals surface area contributed by atoms with Gasteiger partial charge in [0.05, 0.1) is 24.8 Å². The molecule has 1 aromatic carbocycles. The quantitative estimate of drug-likeness (QED) is 0.279. The fourth-order valence-electron chi connectivity index (χ4n) is 3.82. The summed E-state index contributed by atoms with van der Waals surface area (Å²) in [5.74, 6) is -1.52. The van der Waals surface area contributed by atoms with Crippen LogP contribution in [0.1, 0.15) is 33.4 Å². The first-order valence-electron chi connectivity index (χ1n) is 11.1. The van der Waals surface area contributed by atoms with Crippen LogP contribution in [0.3, 0.4) is 0 Å². The van der Waals surface area contributed by atoms with Crippen molar-refractivity contribution in [1.29, 1.82) is 0 Å². The summed E-state index contributed by atoms with van der Waals surface area (Å²) < 4.78 is 26.9. The van der Waals surface area contributed by atoms with E-state index in [0.717, 1.165) is 12.1 Å². The molecule has 5 rings (SSSR count). The Hall–Kier alpha value is -4.86. The minimum absolute atomic E-state index is 0.0156. The van der Waals surface area contributed by atoms with Crippen molar-refractivity contribution in [2.45, 2.75) is 13.5 Å². The highest BCUT2D eigenvalue weighted by Crippen LogP contribution is 2.14. The van der Waals surface area contributed by atoms with E-state index in [9.17, 15) is 18.8 Å². The molecule has 0 atom stereocenters. The van der Waals surface area contributed by atoms with Crippen LogP contribution in [0, 0.1) is 5.82 Å². The Bertz CT molecular complexity index is 1740. The van der Waals surface area contributed by atoms with Crippen molar-refractivity contribution in [2.24, 2.45) is 4.99 Å². The summed E-state index contributed by atoms with van der Waals surface area (Å²) >= 11 is 0. The maximum absolute atomic E-state index is 13.4. The molecule has 0 saturated carbocycles. The molecule has 0 fully saturated rings. The van der Waals surface area contributed by atoms with Crippen LogP contribution in [0.5, 0.6) is 0 Å². The first-order chi connectivity index (χ1) is 17.5. The van der Waals surface area contributed by atoms with Crippen LogP contribution in [0.25, 0.3) is 16.7 Å². The number of rotatable bonds is 5. The van der Waals surface area contributed by atoms with E-state index in [2.05, 4.69) is 9.98 Å². The smallest absolute Gasteiger partial charge is 0.341 e. The highest BCUT2D eigenvalue weighted by Gasteiger charge is 2.21. The molecule has 0 radical (unpaired) electrons. The molecule has 36 heavy (non-hydrogen) atoms. The van der Waals surface area contributed by atoms with Gasteiger partial charge < -0.3 is 13.7 Å². The van der Waals surface area contributed by atoms with Crippen LogP contribution < -0.4 is 11.0 Å². The second-order valence-electron chi connectivity index (χ2n) is 7.77. The normalized spacial score (nSPS) is 11.8. The number of amides is 1. The topological polar surface area (TPSA) is 108 Å². The van der Waals surface area contributed by atoms with Crippen LogP contribution in [0.2, 0.25) is 0 Å². The van der Waals surface area contributed by atoms with Gasteiger partial charge in [0.15, 0.2) is 5.49 Å². The molecule has 4 aromatic heterocycles. The van der Waals surface area contributed by atoms with E-state index in [1.54, 1.807) is 43.5 Å². The standard InChI is InChI=1S/C26H19FN4O5/c1-2-35-26(34)20-14-19-22(28-21-7-3-4-12-30(21)25(19)33)31(15-18-6-5-13-36-18)23(20)29-24(32)16-8-10-17(27)11-9-16/h3-14H,2,15H2,1H3. The largest absolute Gasteiger partial charge is 0.467 e. The summed E-state index contributed by atoms with van der Waals surface area (Å²) in [4.78, 5) is 48.3. The minimum Gasteiger partial charge on any atom is -0.467 e. The van der Waals surface area contributed by atoms with Gasteiger partial charge in [0.25, 0.3) is 11.5 Å². The number of halogens is 1. The summed E-state index contributed by atoms with van der Waals surface area (Å²) in [6, 6.07) is 14.7. The number of hydrogen-bond acceptors (Lipinski definition) is 6. The Labute approximate surface area is 202 Å². The van der Waals surface area contributed by atoms with Gasteiger partial charge in [0, 0.05) is 11.8 Å². The Morgan fingerprint density at radius 1 is 1.11 bits per heavy atom. The maximum Gasteiger partial charge on any atom is 0.341 e. The Kier molecular flexibility index (Phi) is 5.99. The summed E-state index contributed by atoms with van der Waals surface area (Å²) in [5, 5.41) is 0.126. The van der Waals surface area contributed by atoms with E-state index < -0.39 is 23.3 Å². The number of fused-ring (bicyclic) bond motifs is 2. The van der Waals surface area contributed by atoms with Crippen molar-refractivity contribution in [3.05, 3.63) is 112 Å². The van der Waals surface area contributed by atoms with E-state index in [1.807, 2.05) is 0 Å². The van der Waals surface area contributed by atoms with Gasteiger partial charge in [-0.25, -0.2) is 14.2 Å². The number of aromatic nitrogens is 3. The third-order valence-electron chi connectivity index (χ3n) is 5.48. The molecule has 9 nitrogen and oxygen atoms in total. The molecule has 4 heterocycles. The monoisotopic (exact) mass is 486 g/mol. The van der Waals surface area contributed by atoms with Crippen LogP contribution >= 0.6 is 0 Å². The van der Waals surface area contributed by atoms with Crippen molar-refractivity contribution < 1.29 is 23.1 Å². The molecule has 0 aliphatic rings. The molecule has 0 aliphatic heterocycles. The third kappa shape index (κ3) is 4.20. The highest BCUT2D eigenvalue weighted by molar-refractivity contribution is 5.97. The molecule has 0 bridgehead atoms. The van der Waals surface area contributed by atoms with Crippen molar-refractivity contribution in [3.63, 3.8) is 0 Å². The molecule has 180 valence electrons. The molecule has 0 spiro atoms. The number of ether oxygens (including phenoxy) is 1. The van der Waals surface area contributed by atoms with E-state index in [4.69, 9.17) is 9.15 Å². The first kappa shape index (κ1) is 22.9. The summed E-state index contributed by atoms with van der Waals surface area (Å²) in [6.07, 6.45) is 3.05. The minimum atomic E-state index is -0.768. The number of pyridine rings is 2. The van der Waals surface area contributed by atoms with Gasteiger partial charge in [-0.1, -0.05) is 6.07 Å². The molecule has 0 saturated heterocycles. The van der Waals surface area contributed by atoms with Crippen LogP contribution in [-0.2, 0) is 11.3 Å². The van der Waals surface area contributed by atoms with Crippen molar-refractivity contribution in [1.82, 2.24) is 14.0 Å². The first-order valence-corrected chi connectivity index (χ1v) is 11.1. The third-order valence-corrected chi connectivity index (χ3v) is 5.48. The number of carbonyl (C=O) groups is 2. The van der Waals surface area contributed by atoms with Crippen molar-refractivity contribution in [3.8, 4) is 0 Å². The number of nitrogens with zero attached hydrogens (tertiary/aromatic N) is 4. The van der Waals surface area contributed by atoms with Gasteiger partial charge in [-0.2, -0.15) is 4.99 Å². The van der Waals surface area contributed by atoms with Gasteiger partial charge >= 0.3 is 5.97 Å². The molecule has 5 aromatic rings. The van der Waals surface area contributed by atoms with Gasteiger partial charge in [-0.3, -0.25) is 14.0 Å². The molecular formula is C26H19FN4O5. The highest BCUT2D eigenvalue weighted by atomic mass is 19.1. The molecule has 0 N–H and O–H groups in total. The predicted octanol–water partition coefficient (Wildman–Crippen LogP) is 3.35. The Morgan fingerprint density at radius 2 is 1.92 bits per heavy atom. The lowest BCUT2D eigenvalue weighted by molar-refractivity contribution is 0.0523. The van der Waals surface area contributed by atoms with Crippen LogP contribution in [-0.4, -0.2) is 32.4 Å². The van der Waals surface area contributed by atoms with E-state index in [-0.39, 0.29) is 40.8 Å². The van der Waals surface area contributed by atoms with Gasteiger partial charge in [-0.05, 0) is 61.5 Å². The lowest BCUT2D eigenvalue weighted by Crippen LogP contribution is -2.33. The SMILES string of the molecule is CCOC(=O)c1cc2c(=O)n3ccccc3nc2n(Cc2ccco2)c1=NC(=O)c1ccc(F)cc1. The average molecular weight is 486 g/mol. The van der Waals surface area contributed by atoms with Crippen LogP contribution in [0.4, 0.5) is 4.39 Å². The van der Waals surface area contributed by atoms with Gasteiger partial charge in [0.1, 0.15) is 28.4 Å². The summed E-state index contributed by atoms with van der Waals surface area (Å²) in [7, 11) is 0. The zero-order valence-corrected chi connectivity index (χ0v) is 19.1. The lowest BCUT2D eigenvalue weighted by atomic mass is 10.2. The predicted molar refractivity (Wildman–Crippen MR) is 127 cm³/mol. The van der Waals surface area contributed by atoms with Crippen molar-refractivity contribution >= 4 is 28.6 Å². The number of carbonyl (C=O) groups excluding carboxylic acids is 2. The molecule has 10 heteroatoms. The number of hydrogen-bond donors (Lipinski definition) is 0.